The molecule has 0 spiro atoms. The van der Waals surface area contributed by atoms with Crippen LogP contribution in [0.3, 0.4) is 0 Å². The zero-order valence-electron chi connectivity index (χ0n) is 21.4. The van der Waals surface area contributed by atoms with Crippen molar-refractivity contribution in [3.05, 3.63) is 126 Å². The minimum Gasteiger partial charge on any atom is -0.454 e. The van der Waals surface area contributed by atoms with Gasteiger partial charge in [0, 0.05) is 12.1 Å². The lowest BCUT2D eigenvalue weighted by molar-refractivity contribution is -0.121. The summed E-state index contributed by atoms with van der Waals surface area (Å²) in [6, 6.07) is 27.8. The third-order valence-electron chi connectivity index (χ3n) is 6.62. The van der Waals surface area contributed by atoms with Crippen molar-refractivity contribution in [1.82, 2.24) is 5.32 Å². The van der Waals surface area contributed by atoms with Gasteiger partial charge in [-0.25, -0.2) is 14.1 Å². The van der Waals surface area contributed by atoms with Gasteiger partial charge in [0.05, 0.1) is 23.7 Å². The van der Waals surface area contributed by atoms with Crippen molar-refractivity contribution in [3.63, 3.8) is 0 Å². The Balaban J connectivity index is 1.15. The van der Waals surface area contributed by atoms with Gasteiger partial charge < -0.3 is 10.1 Å². The average molecular weight is 537 g/mol. The molecular formula is C32H25FN2O5. The van der Waals surface area contributed by atoms with Crippen LogP contribution < -0.4 is 10.2 Å². The fraction of sp³-hybridized carbons (Fsp3) is 0.125. The maximum atomic E-state index is 13.1. The molecule has 5 rings (SSSR count). The zero-order valence-corrected chi connectivity index (χ0v) is 21.4. The summed E-state index contributed by atoms with van der Waals surface area (Å²) in [4.78, 5) is 51.6. The standard InChI is InChI=1S/C32H25FN2O5/c33-26-14-6-21(7-15-26)19-34-28-18-30(37)35(31(28)38)27-16-12-25(13-17-27)32(39)40-20-29(36)24-10-8-23(9-11-24)22-4-2-1-3-5-22/h1-17,28,34H,18-20H2. The topological polar surface area (TPSA) is 92.8 Å². The molecule has 0 bridgehead atoms. The number of carbonyl (C=O) groups is 4. The van der Waals surface area contributed by atoms with Crippen LogP contribution in [0.25, 0.3) is 11.1 Å². The lowest BCUT2D eigenvalue weighted by atomic mass is 10.0. The molecule has 1 fully saturated rings. The molecule has 0 saturated carbocycles. The molecule has 4 aromatic carbocycles. The first-order valence-corrected chi connectivity index (χ1v) is 12.7. The van der Waals surface area contributed by atoms with Crippen LogP contribution in [0.4, 0.5) is 10.1 Å². The number of nitrogens with zero attached hydrogens (tertiary/aromatic N) is 1. The van der Waals surface area contributed by atoms with Gasteiger partial charge in [0.2, 0.25) is 5.91 Å². The molecule has 200 valence electrons. The molecule has 1 atom stereocenters. The normalized spacial score (nSPS) is 14.8. The summed E-state index contributed by atoms with van der Waals surface area (Å²) in [7, 11) is 0. The van der Waals surface area contributed by atoms with Gasteiger partial charge in [0.15, 0.2) is 12.4 Å². The Kier molecular flexibility index (Phi) is 7.89. The predicted molar refractivity (Wildman–Crippen MR) is 147 cm³/mol. The van der Waals surface area contributed by atoms with Crippen LogP contribution in [0.5, 0.6) is 0 Å². The van der Waals surface area contributed by atoms with Crippen molar-refractivity contribution in [2.75, 3.05) is 11.5 Å². The van der Waals surface area contributed by atoms with Crippen molar-refractivity contribution in [1.29, 1.82) is 0 Å². The molecular weight excluding hydrogens is 511 g/mol. The number of amides is 2. The van der Waals surface area contributed by atoms with Crippen LogP contribution in [0.1, 0.15) is 32.7 Å². The minimum absolute atomic E-state index is 0.0156. The summed E-state index contributed by atoms with van der Waals surface area (Å²) in [6.07, 6.45) is -0.0156. The molecule has 1 saturated heterocycles. The number of anilines is 1. The summed E-state index contributed by atoms with van der Waals surface area (Å²) < 4.78 is 18.3. The summed E-state index contributed by atoms with van der Waals surface area (Å²) in [5.74, 6) is -2.17. The van der Waals surface area contributed by atoms with E-state index in [2.05, 4.69) is 5.32 Å². The number of esters is 1. The Morgan fingerprint density at radius 2 is 1.43 bits per heavy atom. The Morgan fingerprint density at radius 3 is 2.10 bits per heavy atom. The van der Waals surface area contributed by atoms with E-state index in [-0.39, 0.29) is 29.5 Å². The first-order valence-electron chi connectivity index (χ1n) is 12.7. The van der Waals surface area contributed by atoms with Gasteiger partial charge >= 0.3 is 5.97 Å². The number of ether oxygens (including phenoxy) is 1. The monoisotopic (exact) mass is 536 g/mol. The molecule has 1 aliphatic rings. The highest BCUT2D eigenvalue weighted by molar-refractivity contribution is 6.22. The number of hydrogen-bond donors (Lipinski definition) is 1. The van der Waals surface area contributed by atoms with Gasteiger partial charge in [-0.15, -0.1) is 0 Å². The van der Waals surface area contributed by atoms with E-state index in [4.69, 9.17) is 4.74 Å². The van der Waals surface area contributed by atoms with E-state index in [1.54, 1.807) is 24.3 Å². The molecule has 7 nitrogen and oxygen atoms in total. The largest absolute Gasteiger partial charge is 0.454 e. The number of Topliss-reactive ketones (excluding diaryl/α,β-unsaturated/α-hetero) is 1. The Morgan fingerprint density at radius 1 is 0.800 bits per heavy atom. The molecule has 1 heterocycles. The number of hydrogen-bond acceptors (Lipinski definition) is 6. The SMILES string of the molecule is O=C(COC(=O)c1ccc(N2C(=O)CC(NCc3ccc(F)cc3)C2=O)cc1)c1ccc(-c2ccccc2)cc1. The van der Waals surface area contributed by atoms with E-state index in [1.807, 2.05) is 42.5 Å². The second kappa shape index (κ2) is 11.8. The minimum atomic E-state index is -0.713. The molecule has 0 radical (unpaired) electrons. The molecule has 0 aliphatic carbocycles. The lowest BCUT2D eigenvalue weighted by Crippen LogP contribution is -2.38. The summed E-state index contributed by atoms with van der Waals surface area (Å²) in [6.45, 7) is -0.117. The maximum Gasteiger partial charge on any atom is 0.338 e. The summed E-state index contributed by atoms with van der Waals surface area (Å²) >= 11 is 0. The van der Waals surface area contributed by atoms with Gasteiger partial charge in [-0.3, -0.25) is 14.4 Å². The average Bonchev–Trinajstić information content (AvgIpc) is 3.28. The third kappa shape index (κ3) is 6.03. The smallest absolute Gasteiger partial charge is 0.338 e. The van der Waals surface area contributed by atoms with E-state index in [0.29, 0.717) is 17.8 Å². The van der Waals surface area contributed by atoms with E-state index in [1.165, 1.54) is 36.4 Å². The van der Waals surface area contributed by atoms with E-state index in [9.17, 15) is 23.6 Å². The van der Waals surface area contributed by atoms with E-state index >= 15 is 0 Å². The predicted octanol–water partition coefficient (Wildman–Crippen LogP) is 4.95. The molecule has 1 unspecified atom stereocenters. The van der Waals surface area contributed by atoms with Gasteiger partial charge in [-0.05, 0) is 53.1 Å². The van der Waals surface area contributed by atoms with Gasteiger partial charge in [0.25, 0.3) is 5.91 Å². The van der Waals surface area contributed by atoms with Crippen LogP contribution >= 0.6 is 0 Å². The fourth-order valence-corrected chi connectivity index (χ4v) is 4.43. The van der Waals surface area contributed by atoms with Gasteiger partial charge in [0.1, 0.15) is 5.82 Å². The second-order valence-electron chi connectivity index (χ2n) is 9.32. The third-order valence-corrected chi connectivity index (χ3v) is 6.62. The zero-order chi connectivity index (χ0) is 28.1. The van der Waals surface area contributed by atoms with E-state index < -0.39 is 24.5 Å². The Bertz CT molecular complexity index is 1540. The number of carbonyl (C=O) groups excluding carboxylic acids is 4. The van der Waals surface area contributed by atoms with Crippen molar-refractivity contribution in [3.8, 4) is 11.1 Å². The number of benzene rings is 4. The molecule has 2 amide bonds. The van der Waals surface area contributed by atoms with Crippen molar-refractivity contribution >= 4 is 29.3 Å². The molecule has 4 aromatic rings. The summed E-state index contributed by atoms with van der Waals surface area (Å²) in [5.41, 5.74) is 3.72. The van der Waals surface area contributed by atoms with Gasteiger partial charge in [-0.1, -0.05) is 66.7 Å². The van der Waals surface area contributed by atoms with Crippen molar-refractivity contribution < 1.29 is 28.3 Å². The first-order chi connectivity index (χ1) is 19.4. The molecule has 1 N–H and O–H groups in total. The molecule has 1 aliphatic heterocycles. The Hall–Kier alpha value is -4.95. The van der Waals surface area contributed by atoms with Crippen LogP contribution in [-0.2, 0) is 20.9 Å². The van der Waals surface area contributed by atoms with Gasteiger partial charge in [-0.2, -0.15) is 0 Å². The number of rotatable bonds is 9. The first kappa shape index (κ1) is 26.6. The maximum absolute atomic E-state index is 13.1. The molecule has 40 heavy (non-hydrogen) atoms. The highest BCUT2D eigenvalue weighted by Gasteiger charge is 2.39. The van der Waals surface area contributed by atoms with E-state index in [0.717, 1.165) is 21.6 Å². The number of halogens is 1. The summed E-state index contributed by atoms with van der Waals surface area (Å²) in [5, 5.41) is 3.04. The highest BCUT2D eigenvalue weighted by atomic mass is 19.1. The van der Waals surface area contributed by atoms with Crippen LogP contribution in [0, 0.1) is 5.82 Å². The van der Waals surface area contributed by atoms with Crippen LogP contribution in [-0.4, -0.2) is 36.2 Å². The highest BCUT2D eigenvalue weighted by Crippen LogP contribution is 2.24. The van der Waals surface area contributed by atoms with Crippen molar-refractivity contribution in [2.45, 2.75) is 19.0 Å². The lowest BCUT2D eigenvalue weighted by Gasteiger charge is -2.16. The second-order valence-corrected chi connectivity index (χ2v) is 9.32. The number of ketones is 1. The quantitative estimate of drug-likeness (QED) is 0.185. The molecule has 0 aromatic heterocycles. The van der Waals surface area contributed by atoms with Crippen LogP contribution in [0.15, 0.2) is 103 Å². The van der Waals surface area contributed by atoms with Crippen LogP contribution in [0.2, 0.25) is 0 Å². The van der Waals surface area contributed by atoms with Crippen molar-refractivity contribution in [2.24, 2.45) is 0 Å². The number of imide groups is 1. The number of nitrogens with one attached hydrogen (secondary N) is 1. The fourth-order valence-electron chi connectivity index (χ4n) is 4.43. The Labute approximate surface area is 230 Å². The molecule has 8 heteroatoms.